The minimum Gasteiger partial charge on any atom is -0.366 e. The number of rotatable bonds is 1. The number of benzene rings is 2. The lowest BCUT2D eigenvalue weighted by Crippen LogP contribution is -2.14. The van der Waals surface area contributed by atoms with Crippen molar-refractivity contribution in [2.45, 2.75) is 9.79 Å². The van der Waals surface area contributed by atoms with E-state index in [2.05, 4.69) is 5.32 Å². The Morgan fingerprint density at radius 2 is 1.85 bits per heavy atom. The van der Waals surface area contributed by atoms with Crippen molar-refractivity contribution >= 4 is 28.3 Å². The summed E-state index contributed by atoms with van der Waals surface area (Å²) in [7, 11) is -1.49. The maximum absolute atomic E-state index is 12.6. The molecular formula is C14H10N2O3S. The van der Waals surface area contributed by atoms with E-state index in [9.17, 15) is 13.8 Å². The van der Waals surface area contributed by atoms with Gasteiger partial charge in [-0.2, -0.15) is 0 Å². The van der Waals surface area contributed by atoms with Gasteiger partial charge in [-0.25, -0.2) is 4.21 Å². The normalized spacial score (nSPS) is 16.6. The summed E-state index contributed by atoms with van der Waals surface area (Å²) in [5, 5.41) is 2.66. The van der Waals surface area contributed by atoms with Gasteiger partial charge in [0.25, 0.3) is 5.91 Å². The van der Waals surface area contributed by atoms with E-state index in [1.807, 2.05) is 0 Å². The highest BCUT2D eigenvalue weighted by molar-refractivity contribution is 7.85. The summed E-state index contributed by atoms with van der Waals surface area (Å²) in [5.74, 6) is -0.955. The summed E-state index contributed by atoms with van der Waals surface area (Å²) >= 11 is 0. The first-order chi connectivity index (χ1) is 9.58. The van der Waals surface area contributed by atoms with Crippen molar-refractivity contribution in [3.05, 3.63) is 53.6 Å². The number of amides is 2. The number of nitrogens with one attached hydrogen (secondary N) is 1. The molecule has 0 radical (unpaired) electrons. The molecule has 0 bridgehead atoms. The summed E-state index contributed by atoms with van der Waals surface area (Å²) in [6, 6.07) is 11.2. The fourth-order valence-electron chi connectivity index (χ4n) is 2.07. The molecule has 20 heavy (non-hydrogen) atoms. The lowest BCUT2D eigenvalue weighted by molar-refractivity contribution is 0.0995. The van der Waals surface area contributed by atoms with E-state index in [0.29, 0.717) is 21.0 Å². The number of hydrogen-bond donors (Lipinski definition) is 2. The molecule has 0 saturated carbocycles. The van der Waals surface area contributed by atoms with Gasteiger partial charge in [0.1, 0.15) is 0 Å². The second kappa shape index (κ2) is 4.57. The van der Waals surface area contributed by atoms with Crippen LogP contribution >= 0.6 is 0 Å². The first-order valence-corrected chi connectivity index (χ1v) is 6.99. The molecule has 1 aliphatic heterocycles. The number of anilines is 1. The van der Waals surface area contributed by atoms with Gasteiger partial charge in [-0.05, 0) is 30.3 Å². The molecule has 6 heteroatoms. The van der Waals surface area contributed by atoms with Crippen LogP contribution in [-0.2, 0) is 10.8 Å². The van der Waals surface area contributed by atoms with Gasteiger partial charge in [-0.3, -0.25) is 9.59 Å². The average molecular weight is 286 g/mol. The molecule has 1 heterocycles. The fraction of sp³-hybridized carbons (Fsp3) is 0. The molecule has 1 aliphatic rings. The zero-order valence-electron chi connectivity index (χ0n) is 10.3. The van der Waals surface area contributed by atoms with Gasteiger partial charge in [0, 0.05) is 5.56 Å². The predicted molar refractivity (Wildman–Crippen MR) is 74.0 cm³/mol. The van der Waals surface area contributed by atoms with Gasteiger partial charge in [0.2, 0.25) is 5.91 Å². The van der Waals surface area contributed by atoms with Crippen LogP contribution in [0.3, 0.4) is 0 Å². The molecule has 0 aromatic heterocycles. The number of carbonyl (C=O) groups is 2. The van der Waals surface area contributed by atoms with Gasteiger partial charge in [0.05, 0.1) is 31.8 Å². The lowest BCUT2D eigenvalue weighted by atomic mass is 10.1. The number of fused-ring (bicyclic) bond motifs is 2. The Morgan fingerprint density at radius 1 is 1.10 bits per heavy atom. The Labute approximate surface area is 117 Å². The highest BCUT2D eigenvalue weighted by Gasteiger charge is 2.24. The Morgan fingerprint density at radius 3 is 2.60 bits per heavy atom. The average Bonchev–Trinajstić information content (AvgIpc) is 2.55. The van der Waals surface area contributed by atoms with Crippen LogP contribution in [0.5, 0.6) is 0 Å². The molecule has 0 saturated heterocycles. The molecule has 5 nitrogen and oxygen atoms in total. The van der Waals surface area contributed by atoms with Crippen LogP contribution in [0.25, 0.3) is 0 Å². The molecule has 3 N–H and O–H groups in total. The first kappa shape index (κ1) is 12.6. The van der Waals surface area contributed by atoms with Crippen LogP contribution in [0.4, 0.5) is 5.69 Å². The molecule has 100 valence electrons. The Balaban J connectivity index is 2.22. The number of hydrogen-bond acceptors (Lipinski definition) is 3. The topological polar surface area (TPSA) is 89.3 Å². The summed E-state index contributed by atoms with van der Waals surface area (Å²) in [5.41, 5.74) is 6.18. The van der Waals surface area contributed by atoms with Crippen molar-refractivity contribution in [2.24, 2.45) is 5.73 Å². The van der Waals surface area contributed by atoms with E-state index in [-0.39, 0.29) is 11.5 Å². The van der Waals surface area contributed by atoms with Crippen molar-refractivity contribution in [3.8, 4) is 0 Å². The lowest BCUT2D eigenvalue weighted by Gasteiger charge is -2.07. The van der Waals surface area contributed by atoms with Crippen LogP contribution in [0.2, 0.25) is 0 Å². The predicted octanol–water partition coefficient (Wildman–Crippen LogP) is 1.52. The highest BCUT2D eigenvalue weighted by atomic mass is 32.2. The van der Waals surface area contributed by atoms with E-state index in [4.69, 9.17) is 5.73 Å². The van der Waals surface area contributed by atoms with Crippen molar-refractivity contribution in [1.82, 2.24) is 0 Å². The molecule has 2 aromatic carbocycles. The second-order valence-electron chi connectivity index (χ2n) is 4.29. The van der Waals surface area contributed by atoms with Gasteiger partial charge in [-0.1, -0.05) is 12.1 Å². The molecular weight excluding hydrogens is 276 g/mol. The third kappa shape index (κ3) is 1.90. The largest absolute Gasteiger partial charge is 0.366 e. The Bertz CT molecular complexity index is 771. The quantitative estimate of drug-likeness (QED) is 0.833. The van der Waals surface area contributed by atoms with E-state index in [1.165, 1.54) is 12.1 Å². The Hall–Kier alpha value is -2.47. The smallest absolute Gasteiger partial charge is 0.256 e. The first-order valence-electron chi connectivity index (χ1n) is 5.84. The summed E-state index contributed by atoms with van der Waals surface area (Å²) < 4.78 is 12.6. The standard InChI is InChI=1S/C14H10N2O3S/c15-13(17)8-5-6-12-10(7-8)16-14(18)9-3-1-2-4-11(9)20(12)19/h1-7H,(H2,15,17)(H,16,18). The minimum atomic E-state index is -1.49. The van der Waals surface area contributed by atoms with Crippen molar-refractivity contribution in [1.29, 1.82) is 0 Å². The van der Waals surface area contributed by atoms with Gasteiger partial charge in [-0.15, -0.1) is 0 Å². The molecule has 1 atom stereocenters. The molecule has 0 fully saturated rings. The van der Waals surface area contributed by atoms with Crippen LogP contribution in [0.15, 0.2) is 52.3 Å². The van der Waals surface area contributed by atoms with Gasteiger partial charge >= 0.3 is 0 Å². The maximum atomic E-state index is 12.6. The number of carbonyl (C=O) groups excluding carboxylic acids is 2. The van der Waals surface area contributed by atoms with E-state index >= 15 is 0 Å². The van der Waals surface area contributed by atoms with Crippen LogP contribution in [0.1, 0.15) is 20.7 Å². The highest BCUT2D eigenvalue weighted by Crippen LogP contribution is 2.31. The summed E-state index contributed by atoms with van der Waals surface area (Å²) in [6.07, 6.45) is 0. The third-order valence-electron chi connectivity index (χ3n) is 3.04. The van der Waals surface area contributed by atoms with Gasteiger partial charge in [0.15, 0.2) is 0 Å². The zero-order valence-corrected chi connectivity index (χ0v) is 11.1. The zero-order chi connectivity index (χ0) is 14.3. The van der Waals surface area contributed by atoms with Crippen molar-refractivity contribution in [3.63, 3.8) is 0 Å². The number of nitrogens with two attached hydrogens (primary N) is 1. The van der Waals surface area contributed by atoms with Crippen molar-refractivity contribution in [2.75, 3.05) is 5.32 Å². The van der Waals surface area contributed by atoms with Crippen LogP contribution in [-0.4, -0.2) is 16.0 Å². The SMILES string of the molecule is NC(=O)c1ccc2c(c1)NC(=O)c1ccccc1S2=O. The monoisotopic (exact) mass is 286 g/mol. The molecule has 3 rings (SSSR count). The third-order valence-corrected chi connectivity index (χ3v) is 4.55. The van der Waals surface area contributed by atoms with Crippen LogP contribution < -0.4 is 11.1 Å². The maximum Gasteiger partial charge on any atom is 0.256 e. The number of primary amides is 1. The van der Waals surface area contributed by atoms with E-state index in [1.54, 1.807) is 30.3 Å². The molecule has 2 amide bonds. The molecule has 0 spiro atoms. The minimum absolute atomic E-state index is 0.256. The van der Waals surface area contributed by atoms with E-state index in [0.717, 1.165) is 0 Å². The summed E-state index contributed by atoms with van der Waals surface area (Å²) in [6.45, 7) is 0. The van der Waals surface area contributed by atoms with E-state index < -0.39 is 16.7 Å². The second-order valence-corrected chi connectivity index (χ2v) is 5.71. The van der Waals surface area contributed by atoms with Crippen molar-refractivity contribution < 1.29 is 13.8 Å². The van der Waals surface area contributed by atoms with Gasteiger partial charge < -0.3 is 11.1 Å². The summed E-state index contributed by atoms with van der Waals surface area (Å²) in [4.78, 5) is 24.2. The molecule has 1 unspecified atom stereocenters. The van der Waals surface area contributed by atoms with Crippen LogP contribution in [0, 0.1) is 0 Å². The molecule has 2 aromatic rings. The Kier molecular flexibility index (Phi) is 2.87. The fourth-order valence-corrected chi connectivity index (χ4v) is 3.37. The molecule has 0 aliphatic carbocycles.